The van der Waals surface area contributed by atoms with Gasteiger partial charge in [0.05, 0.1) is 5.01 Å². The first-order chi connectivity index (χ1) is 8.15. The summed E-state index contributed by atoms with van der Waals surface area (Å²) in [5, 5.41) is 1.17. The van der Waals surface area contributed by atoms with Crippen molar-refractivity contribution >= 4 is 17.3 Å². The first-order valence-electron chi connectivity index (χ1n) is 5.56. The molecule has 0 aromatic carbocycles. The molecule has 17 heavy (non-hydrogen) atoms. The Balaban J connectivity index is 1.93. The van der Waals surface area contributed by atoms with Crippen LogP contribution in [-0.4, -0.2) is 28.5 Å². The monoisotopic (exact) mass is 248 g/mol. The fraction of sp³-hybridized carbons (Fsp3) is 0.417. The molecular weight excluding hydrogens is 232 g/mol. The molecule has 0 fully saturated rings. The van der Waals surface area contributed by atoms with E-state index in [1.807, 2.05) is 32.6 Å². The fourth-order valence-corrected chi connectivity index (χ4v) is 2.24. The molecule has 0 amide bonds. The van der Waals surface area contributed by atoms with Crippen molar-refractivity contribution in [1.29, 1.82) is 0 Å². The summed E-state index contributed by atoms with van der Waals surface area (Å²) in [6.07, 6.45) is 6.54. The van der Waals surface area contributed by atoms with Gasteiger partial charge in [0.15, 0.2) is 0 Å². The Morgan fingerprint density at radius 2 is 1.82 bits per heavy atom. The molecule has 2 rings (SSSR count). The van der Waals surface area contributed by atoms with Crippen LogP contribution in [0.3, 0.4) is 0 Å². The minimum atomic E-state index is 0.767. The Morgan fingerprint density at radius 1 is 1.12 bits per heavy atom. The van der Waals surface area contributed by atoms with Crippen molar-refractivity contribution in [1.82, 2.24) is 15.0 Å². The molecule has 2 heterocycles. The Labute approximate surface area is 105 Å². The quantitative estimate of drug-likeness (QED) is 0.832. The maximum absolute atomic E-state index is 4.35. The van der Waals surface area contributed by atoms with E-state index in [0.717, 1.165) is 24.5 Å². The molecule has 0 aliphatic rings. The van der Waals surface area contributed by atoms with Crippen LogP contribution in [0.2, 0.25) is 0 Å². The maximum atomic E-state index is 4.35. The second kappa shape index (κ2) is 5.23. The Morgan fingerprint density at radius 3 is 2.41 bits per heavy atom. The van der Waals surface area contributed by atoms with Crippen molar-refractivity contribution in [3.05, 3.63) is 34.0 Å². The number of thiazole rings is 1. The van der Waals surface area contributed by atoms with E-state index in [1.165, 1.54) is 9.88 Å². The zero-order chi connectivity index (χ0) is 12.3. The minimum Gasteiger partial charge on any atom is -0.343 e. The van der Waals surface area contributed by atoms with Gasteiger partial charge < -0.3 is 4.90 Å². The maximum Gasteiger partial charge on any atom is 0.225 e. The molecule has 0 saturated heterocycles. The summed E-state index contributed by atoms with van der Waals surface area (Å²) in [7, 11) is 2.01. The highest BCUT2D eigenvalue weighted by Crippen LogP contribution is 2.13. The Bertz CT molecular complexity index is 478. The van der Waals surface area contributed by atoms with E-state index in [4.69, 9.17) is 0 Å². The smallest absolute Gasteiger partial charge is 0.225 e. The van der Waals surface area contributed by atoms with Gasteiger partial charge in [-0.2, -0.15) is 0 Å². The zero-order valence-corrected chi connectivity index (χ0v) is 11.2. The summed E-state index contributed by atoms with van der Waals surface area (Å²) in [6, 6.07) is 0. The van der Waals surface area contributed by atoms with Crippen LogP contribution in [0.4, 0.5) is 5.95 Å². The van der Waals surface area contributed by atoms with Crippen molar-refractivity contribution in [2.75, 3.05) is 18.5 Å². The minimum absolute atomic E-state index is 0.767. The third kappa shape index (κ3) is 3.23. The van der Waals surface area contributed by atoms with Gasteiger partial charge in [-0.15, -0.1) is 11.3 Å². The van der Waals surface area contributed by atoms with Crippen LogP contribution in [0.15, 0.2) is 18.6 Å². The van der Waals surface area contributed by atoms with Gasteiger partial charge in [-0.05, 0) is 19.4 Å². The molecule has 0 spiro atoms. The largest absolute Gasteiger partial charge is 0.343 e. The normalized spacial score (nSPS) is 10.5. The third-order valence-corrected chi connectivity index (χ3v) is 3.41. The van der Waals surface area contributed by atoms with Crippen molar-refractivity contribution < 1.29 is 0 Å². The van der Waals surface area contributed by atoms with Crippen molar-refractivity contribution in [3.63, 3.8) is 0 Å². The molecule has 5 heteroatoms. The van der Waals surface area contributed by atoms with Gasteiger partial charge in [0, 0.05) is 43.5 Å². The number of aromatic nitrogens is 3. The van der Waals surface area contributed by atoms with Gasteiger partial charge in [-0.3, -0.25) is 0 Å². The number of likely N-dealkylation sites (N-methyl/N-ethyl adjacent to an activating group) is 1. The summed E-state index contributed by atoms with van der Waals surface area (Å²) >= 11 is 1.75. The third-order valence-electron chi connectivity index (χ3n) is 2.44. The van der Waals surface area contributed by atoms with Gasteiger partial charge in [-0.25, -0.2) is 15.0 Å². The standard InChI is InChI=1S/C12H16N4S/c1-9-6-14-12(15-7-9)16(3)5-4-11-13-8-10(2)17-11/h6-8H,4-5H2,1-3H3. The highest BCUT2D eigenvalue weighted by molar-refractivity contribution is 7.11. The molecule has 4 nitrogen and oxygen atoms in total. The van der Waals surface area contributed by atoms with Gasteiger partial charge in [0.25, 0.3) is 0 Å². The molecule has 0 aliphatic heterocycles. The van der Waals surface area contributed by atoms with Crippen LogP contribution >= 0.6 is 11.3 Å². The van der Waals surface area contributed by atoms with E-state index in [1.54, 1.807) is 11.3 Å². The highest BCUT2D eigenvalue weighted by atomic mass is 32.1. The van der Waals surface area contributed by atoms with E-state index in [2.05, 4.69) is 26.8 Å². The lowest BCUT2D eigenvalue weighted by atomic mass is 10.4. The second-order valence-electron chi connectivity index (χ2n) is 4.10. The van der Waals surface area contributed by atoms with Crippen LogP contribution in [0.25, 0.3) is 0 Å². The zero-order valence-electron chi connectivity index (χ0n) is 10.3. The van der Waals surface area contributed by atoms with Gasteiger partial charge in [0.2, 0.25) is 5.95 Å². The van der Waals surface area contributed by atoms with Crippen LogP contribution < -0.4 is 4.90 Å². The van der Waals surface area contributed by atoms with Gasteiger partial charge in [0.1, 0.15) is 0 Å². The highest BCUT2D eigenvalue weighted by Gasteiger charge is 2.05. The summed E-state index contributed by atoms with van der Waals surface area (Å²) in [5.41, 5.74) is 1.08. The molecule has 2 aromatic rings. The summed E-state index contributed by atoms with van der Waals surface area (Å²) < 4.78 is 0. The van der Waals surface area contributed by atoms with E-state index in [9.17, 15) is 0 Å². The summed E-state index contributed by atoms with van der Waals surface area (Å²) in [4.78, 5) is 16.2. The number of nitrogens with zero attached hydrogens (tertiary/aromatic N) is 4. The van der Waals surface area contributed by atoms with Crippen LogP contribution in [-0.2, 0) is 6.42 Å². The van der Waals surface area contributed by atoms with Crippen LogP contribution in [0.5, 0.6) is 0 Å². The summed E-state index contributed by atoms with van der Waals surface area (Å²) in [5.74, 6) is 0.767. The van der Waals surface area contributed by atoms with E-state index >= 15 is 0 Å². The molecule has 0 bridgehead atoms. The lowest BCUT2D eigenvalue weighted by Gasteiger charge is -2.15. The second-order valence-corrected chi connectivity index (χ2v) is 5.42. The van der Waals surface area contributed by atoms with Crippen molar-refractivity contribution in [2.45, 2.75) is 20.3 Å². The number of anilines is 1. The van der Waals surface area contributed by atoms with Gasteiger partial charge in [-0.1, -0.05) is 0 Å². The van der Waals surface area contributed by atoms with Crippen molar-refractivity contribution in [2.24, 2.45) is 0 Å². The Kier molecular flexibility index (Phi) is 3.68. The van der Waals surface area contributed by atoms with Crippen LogP contribution in [0.1, 0.15) is 15.4 Å². The molecule has 0 aliphatic carbocycles. The first kappa shape index (κ1) is 12.0. The molecule has 2 aromatic heterocycles. The number of hydrogen-bond acceptors (Lipinski definition) is 5. The average molecular weight is 248 g/mol. The van der Waals surface area contributed by atoms with E-state index in [0.29, 0.717) is 0 Å². The molecule has 0 atom stereocenters. The fourth-order valence-electron chi connectivity index (χ4n) is 1.46. The first-order valence-corrected chi connectivity index (χ1v) is 6.38. The molecule has 0 unspecified atom stereocenters. The average Bonchev–Trinajstić information content (AvgIpc) is 2.73. The predicted molar refractivity (Wildman–Crippen MR) is 70.6 cm³/mol. The van der Waals surface area contributed by atoms with E-state index < -0.39 is 0 Å². The van der Waals surface area contributed by atoms with Crippen LogP contribution in [0, 0.1) is 13.8 Å². The number of hydrogen-bond donors (Lipinski definition) is 0. The predicted octanol–water partition coefficient (Wildman–Crippen LogP) is 2.23. The number of aryl methyl sites for hydroxylation is 2. The topological polar surface area (TPSA) is 41.9 Å². The molecule has 0 saturated carbocycles. The van der Waals surface area contributed by atoms with E-state index in [-0.39, 0.29) is 0 Å². The lowest BCUT2D eigenvalue weighted by Crippen LogP contribution is -2.22. The molecule has 0 N–H and O–H groups in total. The SMILES string of the molecule is Cc1cnc(N(C)CCc2ncc(C)s2)nc1. The molecule has 90 valence electrons. The molecular formula is C12H16N4S. The Hall–Kier alpha value is -1.49. The van der Waals surface area contributed by atoms with Crippen molar-refractivity contribution in [3.8, 4) is 0 Å². The van der Waals surface area contributed by atoms with Gasteiger partial charge >= 0.3 is 0 Å². The number of rotatable bonds is 4. The molecule has 0 radical (unpaired) electrons. The lowest BCUT2D eigenvalue weighted by molar-refractivity contribution is 0.831. The summed E-state index contributed by atoms with van der Waals surface area (Å²) in [6.45, 7) is 4.95.